The van der Waals surface area contributed by atoms with Gasteiger partial charge in [0, 0.05) is 0 Å². The molecule has 1 aliphatic carbocycles. The predicted molar refractivity (Wildman–Crippen MR) is 96.0 cm³/mol. The van der Waals surface area contributed by atoms with Gasteiger partial charge in [-0.1, -0.05) is 29.4 Å². The SMILES string of the molecule is Cc1noc(C)c1S(=O)(=O)N[C@H](C)C(=O)N[C@@H]1CCCc2ccccc21. The summed E-state index contributed by atoms with van der Waals surface area (Å²) in [6.07, 6.45) is 2.82. The molecule has 2 atom stereocenters. The van der Waals surface area contributed by atoms with Crippen LogP contribution in [-0.4, -0.2) is 25.5 Å². The normalized spacial score (nSPS) is 18.2. The third-order valence-corrected chi connectivity index (χ3v) is 6.43. The lowest BCUT2D eigenvalue weighted by Gasteiger charge is -2.27. The quantitative estimate of drug-likeness (QED) is 0.831. The summed E-state index contributed by atoms with van der Waals surface area (Å²) in [4.78, 5) is 12.5. The second kappa shape index (κ2) is 7.20. The van der Waals surface area contributed by atoms with Gasteiger partial charge in [-0.05, 0) is 51.2 Å². The summed E-state index contributed by atoms with van der Waals surface area (Å²) in [5.41, 5.74) is 2.60. The van der Waals surface area contributed by atoms with Crippen LogP contribution in [0.25, 0.3) is 0 Å². The van der Waals surface area contributed by atoms with Crippen molar-refractivity contribution in [3.63, 3.8) is 0 Å². The van der Waals surface area contributed by atoms with Crippen LogP contribution in [0.5, 0.6) is 0 Å². The molecule has 2 aromatic rings. The molecule has 7 nitrogen and oxygen atoms in total. The Morgan fingerprint density at radius 3 is 2.73 bits per heavy atom. The minimum atomic E-state index is -3.89. The summed E-state index contributed by atoms with van der Waals surface area (Å²) in [6.45, 7) is 4.60. The van der Waals surface area contributed by atoms with Crippen LogP contribution in [0.1, 0.15) is 48.4 Å². The first-order valence-corrected chi connectivity index (χ1v) is 10.1. The average Bonchev–Trinajstić information content (AvgIpc) is 2.94. The van der Waals surface area contributed by atoms with Gasteiger partial charge < -0.3 is 9.84 Å². The molecule has 1 amide bonds. The Labute approximate surface area is 153 Å². The van der Waals surface area contributed by atoms with E-state index in [1.165, 1.54) is 19.4 Å². The maximum absolute atomic E-state index is 12.6. The number of hydrogen-bond donors (Lipinski definition) is 2. The van der Waals surface area contributed by atoms with Gasteiger partial charge in [-0.2, -0.15) is 4.72 Å². The molecule has 0 spiro atoms. The van der Waals surface area contributed by atoms with Crippen molar-refractivity contribution in [2.75, 3.05) is 0 Å². The Kier molecular flexibility index (Phi) is 5.15. The maximum Gasteiger partial charge on any atom is 0.246 e. The van der Waals surface area contributed by atoms with Gasteiger partial charge in [0.05, 0.1) is 12.1 Å². The van der Waals surface area contributed by atoms with Crippen LogP contribution in [0.4, 0.5) is 0 Å². The van der Waals surface area contributed by atoms with Crippen LogP contribution in [0.15, 0.2) is 33.7 Å². The standard InChI is InChI=1S/C18H23N3O4S/c1-11-17(13(3)25-20-11)26(23,24)21-12(2)18(22)19-16-10-6-8-14-7-4-5-9-15(14)16/h4-5,7,9,12,16,21H,6,8,10H2,1-3H3,(H,19,22)/t12-,16-/m1/s1. The lowest BCUT2D eigenvalue weighted by Crippen LogP contribution is -2.46. The number of carbonyl (C=O) groups excluding carboxylic acids is 1. The largest absolute Gasteiger partial charge is 0.360 e. The number of amides is 1. The highest BCUT2D eigenvalue weighted by molar-refractivity contribution is 7.89. The topological polar surface area (TPSA) is 101 Å². The predicted octanol–water partition coefficient (Wildman–Crippen LogP) is 2.15. The smallest absolute Gasteiger partial charge is 0.246 e. The Hall–Kier alpha value is -2.19. The Morgan fingerprint density at radius 1 is 1.31 bits per heavy atom. The molecule has 0 saturated heterocycles. The highest BCUT2D eigenvalue weighted by Crippen LogP contribution is 2.29. The van der Waals surface area contributed by atoms with Gasteiger partial charge in [0.2, 0.25) is 15.9 Å². The number of hydrogen-bond acceptors (Lipinski definition) is 5. The Bertz CT molecular complexity index is 901. The lowest BCUT2D eigenvalue weighted by molar-refractivity contribution is -0.123. The van der Waals surface area contributed by atoms with E-state index >= 15 is 0 Å². The van der Waals surface area contributed by atoms with Gasteiger partial charge in [0.1, 0.15) is 10.6 Å². The van der Waals surface area contributed by atoms with Crippen molar-refractivity contribution >= 4 is 15.9 Å². The fraction of sp³-hybridized carbons (Fsp3) is 0.444. The van der Waals surface area contributed by atoms with E-state index in [9.17, 15) is 13.2 Å². The summed E-state index contributed by atoms with van der Waals surface area (Å²) in [7, 11) is -3.89. The highest BCUT2D eigenvalue weighted by atomic mass is 32.2. The molecule has 8 heteroatoms. The first-order chi connectivity index (χ1) is 12.3. The molecule has 1 aromatic carbocycles. The minimum Gasteiger partial charge on any atom is -0.360 e. The molecular formula is C18H23N3O4S. The molecule has 0 saturated carbocycles. The van der Waals surface area contributed by atoms with E-state index in [1.807, 2.05) is 18.2 Å². The first-order valence-electron chi connectivity index (χ1n) is 8.63. The molecular weight excluding hydrogens is 354 g/mol. The van der Waals surface area contributed by atoms with E-state index < -0.39 is 16.1 Å². The number of rotatable bonds is 5. The highest BCUT2D eigenvalue weighted by Gasteiger charge is 2.29. The first kappa shape index (κ1) is 18.6. The van der Waals surface area contributed by atoms with Crippen LogP contribution >= 0.6 is 0 Å². The second-order valence-corrected chi connectivity index (χ2v) is 8.30. The number of benzene rings is 1. The minimum absolute atomic E-state index is 0.0137. The summed E-state index contributed by atoms with van der Waals surface area (Å²) < 4.78 is 32.4. The molecule has 2 N–H and O–H groups in total. The molecule has 140 valence electrons. The third kappa shape index (κ3) is 3.66. The van der Waals surface area contributed by atoms with E-state index in [4.69, 9.17) is 4.52 Å². The zero-order chi connectivity index (χ0) is 18.9. The van der Waals surface area contributed by atoms with Crippen molar-refractivity contribution in [1.29, 1.82) is 0 Å². The maximum atomic E-state index is 12.6. The van der Waals surface area contributed by atoms with Gasteiger partial charge >= 0.3 is 0 Å². The third-order valence-electron chi connectivity index (χ3n) is 4.65. The van der Waals surface area contributed by atoms with E-state index in [0.29, 0.717) is 0 Å². The van der Waals surface area contributed by atoms with Gasteiger partial charge in [-0.15, -0.1) is 0 Å². The fourth-order valence-corrected chi connectivity index (χ4v) is 4.94. The van der Waals surface area contributed by atoms with Crippen molar-refractivity contribution in [1.82, 2.24) is 15.2 Å². The van der Waals surface area contributed by atoms with Gasteiger partial charge in [0.25, 0.3) is 0 Å². The Balaban J connectivity index is 1.71. The van der Waals surface area contributed by atoms with E-state index in [0.717, 1.165) is 24.8 Å². The van der Waals surface area contributed by atoms with Crippen LogP contribution in [0, 0.1) is 13.8 Å². The molecule has 1 aromatic heterocycles. The number of aryl methyl sites for hydroxylation is 3. The van der Waals surface area contributed by atoms with E-state index in [-0.39, 0.29) is 28.3 Å². The fourth-order valence-electron chi connectivity index (χ4n) is 3.40. The van der Waals surface area contributed by atoms with E-state index in [2.05, 4.69) is 21.3 Å². The van der Waals surface area contributed by atoms with Crippen LogP contribution in [0.2, 0.25) is 0 Å². The molecule has 1 heterocycles. The number of nitrogens with one attached hydrogen (secondary N) is 2. The molecule has 1 aliphatic rings. The summed E-state index contributed by atoms with van der Waals surface area (Å²) in [5, 5.41) is 6.63. The number of nitrogens with zero attached hydrogens (tertiary/aromatic N) is 1. The van der Waals surface area contributed by atoms with Crippen molar-refractivity contribution in [3.8, 4) is 0 Å². The zero-order valence-corrected chi connectivity index (χ0v) is 15.9. The summed E-state index contributed by atoms with van der Waals surface area (Å²) in [5.74, 6) is -0.161. The number of aromatic nitrogens is 1. The molecule has 0 unspecified atom stereocenters. The summed E-state index contributed by atoms with van der Waals surface area (Å²) in [6, 6.07) is 7.01. The second-order valence-electron chi connectivity index (χ2n) is 6.65. The van der Waals surface area contributed by atoms with Crippen molar-refractivity contribution in [2.45, 2.75) is 57.0 Å². The van der Waals surface area contributed by atoms with Gasteiger partial charge in [-0.25, -0.2) is 8.42 Å². The monoisotopic (exact) mass is 377 g/mol. The number of fused-ring (bicyclic) bond motifs is 1. The molecule has 0 aliphatic heterocycles. The lowest BCUT2D eigenvalue weighted by atomic mass is 9.87. The van der Waals surface area contributed by atoms with Crippen LogP contribution in [0.3, 0.4) is 0 Å². The van der Waals surface area contributed by atoms with Crippen molar-refractivity contribution in [2.24, 2.45) is 0 Å². The number of carbonyl (C=O) groups is 1. The van der Waals surface area contributed by atoms with Crippen LogP contribution < -0.4 is 10.0 Å². The zero-order valence-electron chi connectivity index (χ0n) is 15.1. The van der Waals surface area contributed by atoms with E-state index in [1.54, 1.807) is 6.92 Å². The van der Waals surface area contributed by atoms with Gasteiger partial charge in [0.15, 0.2) is 5.76 Å². The average molecular weight is 377 g/mol. The van der Waals surface area contributed by atoms with Crippen LogP contribution in [-0.2, 0) is 21.2 Å². The Morgan fingerprint density at radius 2 is 2.04 bits per heavy atom. The molecule has 3 rings (SSSR count). The molecule has 26 heavy (non-hydrogen) atoms. The molecule has 0 fully saturated rings. The number of sulfonamides is 1. The molecule has 0 bridgehead atoms. The van der Waals surface area contributed by atoms with Crippen molar-refractivity contribution < 1.29 is 17.7 Å². The summed E-state index contributed by atoms with van der Waals surface area (Å²) >= 11 is 0. The van der Waals surface area contributed by atoms with Gasteiger partial charge in [-0.3, -0.25) is 4.79 Å². The van der Waals surface area contributed by atoms with Crippen molar-refractivity contribution in [3.05, 3.63) is 46.8 Å². The molecule has 0 radical (unpaired) electrons.